The van der Waals surface area contributed by atoms with E-state index >= 15 is 0 Å². The SMILES string of the molecule is Nc1ccc(OP(=O)(Oc2ccc(N)cc2)Oc2ccc(N)cc2)cc1. The Bertz CT molecular complexity index is 790. The van der Waals surface area contributed by atoms with Crippen molar-refractivity contribution in [2.75, 3.05) is 17.2 Å². The van der Waals surface area contributed by atoms with Gasteiger partial charge in [0.2, 0.25) is 0 Å². The zero-order valence-electron chi connectivity index (χ0n) is 13.7. The molecular formula is C18H18N3O4P. The second-order valence-corrected chi connectivity index (χ2v) is 6.87. The molecule has 0 radical (unpaired) electrons. The van der Waals surface area contributed by atoms with Gasteiger partial charge in [-0.3, -0.25) is 0 Å². The van der Waals surface area contributed by atoms with E-state index in [4.69, 9.17) is 30.8 Å². The standard InChI is InChI=1S/C18H18N3O4P/c19-13-1-7-16(8-2-13)23-26(22,24-17-9-3-14(20)4-10-17)25-18-11-5-15(21)6-12-18/h1-12H,19-21H2. The molecule has 0 aliphatic carbocycles. The van der Waals surface area contributed by atoms with Crippen LogP contribution < -0.4 is 30.8 Å². The molecule has 3 aromatic rings. The monoisotopic (exact) mass is 371 g/mol. The average molecular weight is 371 g/mol. The highest BCUT2D eigenvalue weighted by Gasteiger charge is 2.33. The van der Waals surface area contributed by atoms with E-state index < -0.39 is 7.82 Å². The first kappa shape index (κ1) is 17.5. The normalized spacial score (nSPS) is 10.9. The van der Waals surface area contributed by atoms with Gasteiger partial charge in [-0.25, -0.2) is 0 Å². The van der Waals surface area contributed by atoms with Gasteiger partial charge in [0, 0.05) is 17.1 Å². The van der Waals surface area contributed by atoms with Crippen molar-refractivity contribution < 1.29 is 18.1 Å². The Hall–Kier alpha value is -3.31. The summed E-state index contributed by atoms with van der Waals surface area (Å²) < 4.78 is 29.8. The molecule has 0 fully saturated rings. The summed E-state index contributed by atoms with van der Waals surface area (Å²) in [7, 11) is -4.05. The van der Waals surface area contributed by atoms with E-state index in [1.807, 2.05) is 0 Å². The molecule has 3 rings (SSSR count). The lowest BCUT2D eigenvalue weighted by Gasteiger charge is -2.19. The van der Waals surface area contributed by atoms with Crippen LogP contribution in [0.5, 0.6) is 17.2 Å². The molecule has 26 heavy (non-hydrogen) atoms. The van der Waals surface area contributed by atoms with Crippen molar-refractivity contribution in [1.82, 2.24) is 0 Å². The molecule has 6 N–H and O–H groups in total. The van der Waals surface area contributed by atoms with Crippen LogP contribution in [0.4, 0.5) is 17.1 Å². The fraction of sp³-hybridized carbons (Fsp3) is 0. The van der Waals surface area contributed by atoms with Crippen molar-refractivity contribution in [2.24, 2.45) is 0 Å². The summed E-state index contributed by atoms with van der Waals surface area (Å²) in [5.74, 6) is 0.857. The molecule has 7 nitrogen and oxygen atoms in total. The third-order valence-electron chi connectivity index (χ3n) is 3.29. The second-order valence-electron chi connectivity index (χ2n) is 5.43. The number of anilines is 3. The topological polar surface area (TPSA) is 123 Å². The minimum absolute atomic E-state index is 0.286. The van der Waals surface area contributed by atoms with Gasteiger partial charge in [-0.2, -0.15) is 4.57 Å². The maximum atomic E-state index is 13.2. The van der Waals surface area contributed by atoms with Crippen LogP contribution in [0.15, 0.2) is 72.8 Å². The van der Waals surface area contributed by atoms with Gasteiger partial charge in [-0.15, -0.1) is 0 Å². The zero-order valence-corrected chi connectivity index (χ0v) is 14.6. The molecule has 0 heterocycles. The van der Waals surface area contributed by atoms with Crippen LogP contribution in [0.3, 0.4) is 0 Å². The molecule has 0 bridgehead atoms. The predicted octanol–water partition coefficient (Wildman–Crippen LogP) is 4.08. The van der Waals surface area contributed by atoms with Crippen molar-refractivity contribution in [1.29, 1.82) is 0 Å². The molecule has 134 valence electrons. The molecule has 8 heteroatoms. The minimum Gasteiger partial charge on any atom is -0.399 e. The largest absolute Gasteiger partial charge is 0.647 e. The lowest BCUT2D eigenvalue weighted by atomic mass is 10.3. The number of rotatable bonds is 6. The van der Waals surface area contributed by atoms with Crippen LogP contribution in [0.1, 0.15) is 0 Å². The quantitative estimate of drug-likeness (QED) is 0.441. The smallest absolute Gasteiger partial charge is 0.399 e. The molecule has 0 unspecified atom stereocenters. The average Bonchev–Trinajstić information content (AvgIpc) is 2.61. The van der Waals surface area contributed by atoms with Crippen LogP contribution in [0.25, 0.3) is 0 Å². The number of nitrogen functional groups attached to an aromatic ring is 3. The molecule has 0 aliphatic rings. The third kappa shape index (κ3) is 4.62. The van der Waals surface area contributed by atoms with Crippen molar-refractivity contribution in [2.45, 2.75) is 0 Å². The summed E-state index contributed by atoms with van der Waals surface area (Å²) in [5.41, 5.74) is 18.6. The van der Waals surface area contributed by atoms with E-state index in [0.29, 0.717) is 17.1 Å². The lowest BCUT2D eigenvalue weighted by molar-refractivity contribution is 0.298. The van der Waals surface area contributed by atoms with E-state index in [2.05, 4.69) is 0 Å². The van der Waals surface area contributed by atoms with Crippen molar-refractivity contribution in [3.05, 3.63) is 72.8 Å². The number of nitrogens with two attached hydrogens (primary N) is 3. The van der Waals surface area contributed by atoms with E-state index in [0.717, 1.165) is 0 Å². The van der Waals surface area contributed by atoms with Crippen LogP contribution in [-0.4, -0.2) is 0 Å². The number of hydrogen-bond donors (Lipinski definition) is 3. The van der Waals surface area contributed by atoms with E-state index in [-0.39, 0.29) is 17.2 Å². The Morgan fingerprint density at radius 3 is 0.962 bits per heavy atom. The van der Waals surface area contributed by atoms with E-state index in [1.54, 1.807) is 72.8 Å². The molecule has 0 atom stereocenters. The Morgan fingerprint density at radius 2 is 0.731 bits per heavy atom. The summed E-state index contributed by atoms with van der Waals surface area (Å²) >= 11 is 0. The fourth-order valence-electron chi connectivity index (χ4n) is 2.03. The number of phosphoric acid groups is 1. The van der Waals surface area contributed by atoms with Gasteiger partial charge in [-0.05, 0) is 72.8 Å². The molecular weight excluding hydrogens is 353 g/mol. The van der Waals surface area contributed by atoms with Crippen LogP contribution in [0, 0.1) is 0 Å². The highest BCUT2D eigenvalue weighted by molar-refractivity contribution is 7.49. The van der Waals surface area contributed by atoms with Crippen LogP contribution in [-0.2, 0) is 4.57 Å². The summed E-state index contributed by atoms with van der Waals surface area (Å²) in [4.78, 5) is 0. The Kier molecular flexibility index (Phi) is 4.91. The minimum atomic E-state index is -4.05. The molecule has 0 amide bonds. The second kappa shape index (κ2) is 7.29. The van der Waals surface area contributed by atoms with Crippen molar-refractivity contribution in [3.8, 4) is 17.2 Å². The number of hydrogen-bond acceptors (Lipinski definition) is 7. The first-order chi connectivity index (χ1) is 12.4. The molecule has 0 saturated heterocycles. The Morgan fingerprint density at radius 1 is 0.500 bits per heavy atom. The van der Waals surface area contributed by atoms with Gasteiger partial charge >= 0.3 is 7.82 Å². The maximum absolute atomic E-state index is 13.2. The van der Waals surface area contributed by atoms with Crippen molar-refractivity contribution >= 4 is 24.9 Å². The van der Waals surface area contributed by atoms with Gasteiger partial charge in [-0.1, -0.05) is 0 Å². The number of phosphoric ester groups is 1. The summed E-state index contributed by atoms with van der Waals surface area (Å²) in [6.07, 6.45) is 0. The lowest BCUT2D eigenvalue weighted by Crippen LogP contribution is -2.07. The summed E-state index contributed by atoms with van der Waals surface area (Å²) in [5, 5.41) is 0. The fourth-order valence-corrected chi connectivity index (χ4v) is 3.28. The highest BCUT2D eigenvalue weighted by Crippen LogP contribution is 2.49. The van der Waals surface area contributed by atoms with Crippen LogP contribution >= 0.6 is 7.82 Å². The van der Waals surface area contributed by atoms with Gasteiger partial charge in [0.25, 0.3) is 0 Å². The van der Waals surface area contributed by atoms with Crippen LogP contribution in [0.2, 0.25) is 0 Å². The third-order valence-corrected chi connectivity index (χ3v) is 4.60. The molecule has 0 aromatic heterocycles. The van der Waals surface area contributed by atoms with E-state index in [9.17, 15) is 4.57 Å². The van der Waals surface area contributed by atoms with Gasteiger partial charge < -0.3 is 30.8 Å². The van der Waals surface area contributed by atoms with Gasteiger partial charge in [0.15, 0.2) is 0 Å². The molecule has 0 aliphatic heterocycles. The first-order valence-corrected chi connectivity index (χ1v) is 9.13. The zero-order chi connectivity index (χ0) is 18.6. The van der Waals surface area contributed by atoms with Gasteiger partial charge in [0.1, 0.15) is 17.2 Å². The molecule has 3 aromatic carbocycles. The highest BCUT2D eigenvalue weighted by atomic mass is 31.2. The Labute approximate surface area is 150 Å². The summed E-state index contributed by atoms with van der Waals surface area (Å²) in [6.45, 7) is 0. The van der Waals surface area contributed by atoms with Crippen molar-refractivity contribution in [3.63, 3.8) is 0 Å². The molecule has 0 spiro atoms. The predicted molar refractivity (Wildman–Crippen MR) is 102 cm³/mol. The molecule has 0 saturated carbocycles. The maximum Gasteiger partial charge on any atom is 0.647 e. The first-order valence-electron chi connectivity index (χ1n) is 7.67. The summed E-state index contributed by atoms with van der Waals surface area (Å²) in [6, 6.07) is 19.1. The Balaban J connectivity index is 1.88. The van der Waals surface area contributed by atoms with E-state index in [1.165, 1.54) is 0 Å². The number of benzene rings is 3. The van der Waals surface area contributed by atoms with Gasteiger partial charge in [0.05, 0.1) is 0 Å².